The van der Waals surface area contributed by atoms with Gasteiger partial charge in [-0.3, -0.25) is 0 Å². The average Bonchev–Trinajstić information content (AvgIpc) is 3.48. The van der Waals surface area contributed by atoms with Crippen LogP contribution in [0.2, 0.25) is 0 Å². The molecule has 1 aliphatic rings. The lowest BCUT2D eigenvalue weighted by Gasteiger charge is -2.15. The molecule has 4 aromatic rings. The summed E-state index contributed by atoms with van der Waals surface area (Å²) in [6.45, 7) is 2.30. The molecule has 0 atom stereocenters. The van der Waals surface area contributed by atoms with E-state index in [-0.39, 0.29) is 25.1 Å². The summed E-state index contributed by atoms with van der Waals surface area (Å²) in [6.07, 6.45) is 5.61. The predicted octanol–water partition coefficient (Wildman–Crippen LogP) is 5.52. The number of ether oxygens (including phenoxy) is 1. The highest BCUT2D eigenvalue weighted by atomic mass is 16.5. The summed E-state index contributed by atoms with van der Waals surface area (Å²) >= 11 is 0. The Morgan fingerprint density at radius 1 is 1.03 bits per heavy atom. The Kier molecular flexibility index (Phi) is 6.03. The molecule has 0 spiro atoms. The lowest BCUT2D eigenvalue weighted by atomic mass is 9.89. The van der Waals surface area contributed by atoms with E-state index in [0.29, 0.717) is 5.56 Å². The lowest BCUT2D eigenvalue weighted by molar-refractivity contribution is 0.0527. The van der Waals surface area contributed by atoms with Crippen molar-refractivity contribution in [3.8, 4) is 11.1 Å². The molecule has 0 radical (unpaired) electrons. The number of nitrogens with two attached hydrogens (primary N) is 2. The van der Waals surface area contributed by atoms with Crippen LogP contribution in [0.15, 0.2) is 65.7 Å². The summed E-state index contributed by atoms with van der Waals surface area (Å²) in [7, 11) is 1.95. The first-order chi connectivity index (χ1) is 17.0. The second-order valence-corrected chi connectivity index (χ2v) is 8.91. The number of aliphatic imine (C=N–C) groups is 1. The Morgan fingerprint density at radius 2 is 1.83 bits per heavy atom. The predicted molar refractivity (Wildman–Crippen MR) is 143 cm³/mol. The van der Waals surface area contributed by atoms with Gasteiger partial charge in [-0.1, -0.05) is 48.5 Å². The molecule has 6 nitrogen and oxygen atoms in total. The van der Waals surface area contributed by atoms with Gasteiger partial charge >= 0.3 is 5.97 Å². The second-order valence-electron chi connectivity index (χ2n) is 8.91. The SMILES string of the molecule is CCOC(=O)c1c(CN=C(N)N)n(C)c2cc(C3=CCCC3)c(-c3cccc4ccccc34)cc12. The number of carbonyl (C=O) groups is 1. The van der Waals surface area contributed by atoms with E-state index >= 15 is 0 Å². The highest BCUT2D eigenvalue weighted by molar-refractivity contribution is 6.10. The van der Waals surface area contributed by atoms with Crippen molar-refractivity contribution in [3.05, 3.63) is 77.5 Å². The summed E-state index contributed by atoms with van der Waals surface area (Å²) < 4.78 is 7.48. The third-order valence-electron chi connectivity index (χ3n) is 6.82. The smallest absolute Gasteiger partial charge is 0.340 e. The molecule has 0 aliphatic heterocycles. The minimum Gasteiger partial charge on any atom is -0.462 e. The van der Waals surface area contributed by atoms with E-state index in [1.165, 1.54) is 21.9 Å². The second kappa shape index (κ2) is 9.29. The van der Waals surface area contributed by atoms with E-state index in [1.807, 2.05) is 18.5 Å². The van der Waals surface area contributed by atoms with Crippen molar-refractivity contribution in [2.75, 3.05) is 6.61 Å². The molecule has 4 N–H and O–H groups in total. The fraction of sp³-hybridized carbons (Fsp3) is 0.241. The van der Waals surface area contributed by atoms with E-state index in [2.05, 4.69) is 65.7 Å². The van der Waals surface area contributed by atoms with Gasteiger partial charge in [0.15, 0.2) is 5.96 Å². The zero-order valence-electron chi connectivity index (χ0n) is 20.2. The summed E-state index contributed by atoms with van der Waals surface area (Å²) in [4.78, 5) is 17.4. The molecule has 6 heteroatoms. The fourth-order valence-corrected chi connectivity index (χ4v) is 5.18. The van der Waals surface area contributed by atoms with Crippen LogP contribution in [0.4, 0.5) is 0 Å². The summed E-state index contributed by atoms with van der Waals surface area (Å²) in [5, 5.41) is 3.21. The Labute approximate surface area is 204 Å². The van der Waals surface area contributed by atoms with Crippen molar-refractivity contribution < 1.29 is 9.53 Å². The molecular formula is C29H30N4O2. The van der Waals surface area contributed by atoms with Crippen LogP contribution in [0.3, 0.4) is 0 Å². The normalized spacial score (nSPS) is 13.3. The van der Waals surface area contributed by atoms with Gasteiger partial charge in [0.2, 0.25) is 0 Å². The fourth-order valence-electron chi connectivity index (χ4n) is 5.18. The van der Waals surface area contributed by atoms with E-state index < -0.39 is 0 Å². The average molecular weight is 467 g/mol. The minimum absolute atomic E-state index is 0.0155. The largest absolute Gasteiger partial charge is 0.462 e. The first-order valence-electron chi connectivity index (χ1n) is 12.0. The number of fused-ring (bicyclic) bond motifs is 2. The van der Waals surface area contributed by atoms with Crippen LogP contribution in [0.25, 0.3) is 38.4 Å². The van der Waals surface area contributed by atoms with Crippen LogP contribution in [-0.2, 0) is 18.3 Å². The zero-order valence-corrected chi connectivity index (χ0v) is 20.2. The number of aryl methyl sites for hydroxylation is 1. The van der Waals surface area contributed by atoms with Crippen LogP contribution in [0.5, 0.6) is 0 Å². The lowest BCUT2D eigenvalue weighted by Crippen LogP contribution is -2.23. The van der Waals surface area contributed by atoms with Gasteiger partial charge in [0.05, 0.1) is 24.4 Å². The van der Waals surface area contributed by atoms with Gasteiger partial charge in [-0.15, -0.1) is 0 Å². The highest BCUT2D eigenvalue weighted by Gasteiger charge is 2.25. The molecule has 0 bridgehead atoms. The highest BCUT2D eigenvalue weighted by Crippen LogP contribution is 2.41. The number of aromatic nitrogens is 1. The molecule has 1 aliphatic carbocycles. The molecule has 0 unspecified atom stereocenters. The van der Waals surface area contributed by atoms with E-state index in [9.17, 15) is 4.79 Å². The third-order valence-corrected chi connectivity index (χ3v) is 6.82. The first-order valence-corrected chi connectivity index (χ1v) is 12.0. The van der Waals surface area contributed by atoms with Gasteiger partial charge in [-0.05, 0) is 71.4 Å². The number of guanidine groups is 1. The molecule has 5 rings (SSSR count). The maximum absolute atomic E-state index is 13.2. The van der Waals surface area contributed by atoms with Crippen LogP contribution >= 0.6 is 0 Å². The number of nitrogens with zero attached hydrogens (tertiary/aromatic N) is 2. The number of carbonyl (C=O) groups excluding carboxylic acids is 1. The van der Waals surface area contributed by atoms with E-state index in [0.717, 1.165) is 47.0 Å². The van der Waals surface area contributed by atoms with Crippen molar-refractivity contribution >= 4 is 39.2 Å². The number of hydrogen-bond acceptors (Lipinski definition) is 3. The van der Waals surface area contributed by atoms with E-state index in [4.69, 9.17) is 16.2 Å². The maximum Gasteiger partial charge on any atom is 0.340 e. The molecule has 3 aromatic carbocycles. The molecule has 0 saturated carbocycles. The van der Waals surface area contributed by atoms with Crippen molar-refractivity contribution in [2.24, 2.45) is 23.5 Å². The van der Waals surface area contributed by atoms with Crippen molar-refractivity contribution in [3.63, 3.8) is 0 Å². The zero-order chi connectivity index (χ0) is 24.5. The maximum atomic E-state index is 13.2. The first kappa shape index (κ1) is 22.7. The van der Waals surface area contributed by atoms with Gasteiger partial charge in [-0.25, -0.2) is 9.79 Å². The van der Waals surface area contributed by atoms with E-state index in [1.54, 1.807) is 0 Å². The Balaban J connectivity index is 1.85. The van der Waals surface area contributed by atoms with Gasteiger partial charge in [0.25, 0.3) is 0 Å². The van der Waals surface area contributed by atoms with Gasteiger partial charge in [0.1, 0.15) is 0 Å². The Hall–Kier alpha value is -4.06. The van der Waals surface area contributed by atoms with Crippen LogP contribution < -0.4 is 11.5 Å². The van der Waals surface area contributed by atoms with Crippen molar-refractivity contribution in [1.29, 1.82) is 0 Å². The molecule has 0 amide bonds. The van der Waals surface area contributed by atoms with Crippen LogP contribution in [-0.4, -0.2) is 23.1 Å². The quantitative estimate of drug-likeness (QED) is 0.222. The van der Waals surface area contributed by atoms with Crippen LogP contribution in [0, 0.1) is 0 Å². The van der Waals surface area contributed by atoms with Gasteiger partial charge < -0.3 is 20.8 Å². The van der Waals surface area contributed by atoms with Crippen LogP contribution in [0.1, 0.15) is 47.8 Å². The molecule has 0 saturated heterocycles. The standard InChI is InChI=1S/C29H30N4O2/c1-3-35-28(34)27-24-15-23(21-14-8-12-18-9-6-7-13-20(18)21)22(19-10-4-5-11-19)16-25(24)33(2)26(27)17-32-29(30)31/h6-10,12-16H,3-5,11,17H2,1-2H3,(H4,30,31,32). The number of allylic oxidation sites excluding steroid dienone is 2. The summed E-state index contributed by atoms with van der Waals surface area (Å²) in [5.74, 6) is -0.381. The summed E-state index contributed by atoms with van der Waals surface area (Å²) in [5.41, 5.74) is 18.3. The molecule has 0 fully saturated rings. The number of esters is 1. The third kappa shape index (κ3) is 4.05. The number of hydrogen-bond donors (Lipinski definition) is 2. The number of rotatable bonds is 6. The molecule has 35 heavy (non-hydrogen) atoms. The molecule has 1 aromatic heterocycles. The topological polar surface area (TPSA) is 95.6 Å². The molecule has 178 valence electrons. The Bertz CT molecular complexity index is 1500. The molecular weight excluding hydrogens is 436 g/mol. The van der Waals surface area contributed by atoms with Gasteiger partial charge in [-0.2, -0.15) is 0 Å². The number of benzene rings is 3. The van der Waals surface area contributed by atoms with Crippen molar-refractivity contribution in [1.82, 2.24) is 4.57 Å². The minimum atomic E-state index is -0.365. The summed E-state index contributed by atoms with van der Waals surface area (Å²) in [6, 6.07) is 19.2. The van der Waals surface area contributed by atoms with Gasteiger partial charge in [0, 0.05) is 18.0 Å². The molecule has 1 heterocycles. The monoisotopic (exact) mass is 466 g/mol. The van der Waals surface area contributed by atoms with Crippen molar-refractivity contribution in [2.45, 2.75) is 32.7 Å². The Morgan fingerprint density at radius 3 is 2.57 bits per heavy atom.